The van der Waals surface area contributed by atoms with Gasteiger partial charge in [-0.15, -0.1) is 11.3 Å². The number of hydrogen-bond donors (Lipinski definition) is 10. The van der Waals surface area contributed by atoms with Gasteiger partial charge in [0.25, 0.3) is 56.7 Å². The van der Waals surface area contributed by atoms with E-state index in [-0.39, 0.29) is 40.2 Å². The molecule has 20 rings (SSSR count). The predicted molar refractivity (Wildman–Crippen MR) is 516 cm³/mol. The molecule has 0 saturated carbocycles. The van der Waals surface area contributed by atoms with Gasteiger partial charge in [0.05, 0.1) is 73.2 Å². The summed E-state index contributed by atoms with van der Waals surface area (Å²) in [7, 11) is 1.61. The smallest absolute Gasteiger partial charge is 0.274 e. The van der Waals surface area contributed by atoms with Crippen molar-refractivity contribution < 1.29 is 14.2 Å². The molecule has 0 unspecified atom stereocenters. The summed E-state index contributed by atoms with van der Waals surface area (Å²) < 4.78 is 24.8. The van der Waals surface area contributed by atoms with Gasteiger partial charge in [-0.25, -0.2) is 29.3 Å². The molecule has 11 aromatic heterocycles. The molecule has 0 bridgehead atoms. The third-order valence-corrected chi connectivity index (χ3v) is 22.2. The number of aryl methyl sites for hydroxylation is 4. The molecule has 0 aliphatic rings. The lowest BCUT2D eigenvalue weighted by atomic mass is 10.1. The Morgan fingerprint density at radius 3 is 1.39 bits per heavy atom. The fraction of sp³-hybridized carbons (Fsp3) is 0.144. The Hall–Kier alpha value is -16.1. The van der Waals surface area contributed by atoms with Crippen molar-refractivity contribution in [2.75, 3.05) is 41.5 Å². The maximum absolute atomic E-state index is 13.0. The number of methoxy groups -OCH3 is 1. The molecule has 0 amide bonds. The number of benzene rings is 9. The predicted octanol–water partition coefficient (Wildman–Crippen LogP) is 15.9. The first-order valence-corrected chi connectivity index (χ1v) is 43.8. The average Bonchev–Trinajstić information content (AvgIpc) is 1.66. The Kier molecular flexibility index (Phi) is 28.5. The average molecular weight is 1840 g/mol. The maximum atomic E-state index is 13.0. The molecule has 670 valence electrons. The number of rotatable bonds is 25. The lowest BCUT2D eigenvalue weighted by Crippen LogP contribution is -2.28. The number of fused-ring (bicyclic) bond motifs is 5. The van der Waals surface area contributed by atoms with Gasteiger partial charge in [-0.3, -0.25) is 54.4 Å². The second kappa shape index (κ2) is 42.0. The van der Waals surface area contributed by atoms with Crippen molar-refractivity contribution >= 4 is 86.2 Å². The van der Waals surface area contributed by atoms with Crippen LogP contribution in [0.2, 0.25) is 10.0 Å². The Morgan fingerprint density at radius 2 is 0.865 bits per heavy atom. The van der Waals surface area contributed by atoms with E-state index < -0.39 is 0 Å². The largest absolute Gasteiger partial charge is 0.497 e. The van der Waals surface area contributed by atoms with Gasteiger partial charge in [0.1, 0.15) is 11.6 Å². The van der Waals surface area contributed by atoms with Gasteiger partial charge >= 0.3 is 0 Å². The molecule has 11 heterocycles. The van der Waals surface area contributed by atoms with Crippen molar-refractivity contribution in [3.63, 3.8) is 0 Å². The van der Waals surface area contributed by atoms with E-state index in [4.69, 9.17) is 27.9 Å². The number of aliphatic hydroxyl groups is 1. The Balaban J connectivity index is 0.000000121. The van der Waals surface area contributed by atoms with Crippen LogP contribution in [0.15, 0.2) is 296 Å². The van der Waals surface area contributed by atoms with E-state index in [1.165, 1.54) is 76.2 Å². The van der Waals surface area contributed by atoms with E-state index >= 15 is 0 Å². The molecule has 9 aromatic carbocycles. The number of halogens is 3. The van der Waals surface area contributed by atoms with Crippen LogP contribution in [-0.4, -0.2) is 128 Å². The zero-order valence-corrected chi connectivity index (χ0v) is 74.8. The molecule has 32 nitrogen and oxygen atoms in total. The minimum Gasteiger partial charge on any atom is -0.497 e. The summed E-state index contributed by atoms with van der Waals surface area (Å²) in [5, 5.41) is 40.6. The van der Waals surface area contributed by atoms with E-state index in [2.05, 4.69) is 116 Å². The molecule has 20 aromatic rings. The minimum atomic E-state index is -0.298. The monoisotopic (exact) mass is 1840 g/mol. The van der Waals surface area contributed by atoms with Crippen LogP contribution in [0.1, 0.15) is 63.2 Å². The first kappa shape index (κ1) is 90.2. The van der Waals surface area contributed by atoms with Crippen molar-refractivity contribution in [2.24, 2.45) is 0 Å². The fourth-order valence-corrected chi connectivity index (χ4v) is 15.2. The molecule has 0 fully saturated rings. The van der Waals surface area contributed by atoms with Crippen molar-refractivity contribution in [3.8, 4) is 62.0 Å². The van der Waals surface area contributed by atoms with Gasteiger partial charge in [-0.1, -0.05) is 151 Å². The van der Waals surface area contributed by atoms with Gasteiger partial charge in [-0.2, -0.15) is 47.5 Å². The lowest BCUT2D eigenvalue weighted by Gasteiger charge is -2.20. The molecule has 10 N–H and O–H groups in total. The van der Waals surface area contributed by atoms with Crippen LogP contribution in [0.5, 0.6) is 5.75 Å². The number of thiophene rings is 1. The van der Waals surface area contributed by atoms with Crippen LogP contribution in [0.25, 0.3) is 85.1 Å². The summed E-state index contributed by atoms with van der Waals surface area (Å²) in [5.74, 6) is 5.12. The maximum Gasteiger partial charge on any atom is 0.274 e. The molecular formula is C97H88Cl2FN25O7S. The van der Waals surface area contributed by atoms with E-state index in [9.17, 15) is 33.5 Å². The molecule has 0 radical (unpaired) electrons. The van der Waals surface area contributed by atoms with Gasteiger partial charge in [-0.05, 0) is 176 Å². The highest BCUT2D eigenvalue weighted by atomic mass is 35.5. The number of ether oxygens (including phenoxy) is 1. The first-order valence-electron chi connectivity index (χ1n) is 42.2. The summed E-state index contributed by atoms with van der Waals surface area (Å²) in [6, 6.07) is 81.3. The van der Waals surface area contributed by atoms with Crippen LogP contribution in [0, 0.1) is 26.6 Å². The normalized spacial score (nSPS) is 11.1. The first-order chi connectivity index (χ1) is 64.7. The molecule has 0 spiro atoms. The third kappa shape index (κ3) is 22.9. The van der Waals surface area contributed by atoms with Crippen LogP contribution in [0.3, 0.4) is 0 Å². The molecule has 36 heteroatoms. The number of aliphatic hydroxyl groups excluding tert-OH is 1. The number of aromatic amines is 5. The number of hydrogen-bond acceptors (Lipinski definition) is 23. The lowest BCUT2D eigenvalue weighted by molar-refractivity contribution is 0.183. The quantitative estimate of drug-likeness (QED) is 0.0254. The van der Waals surface area contributed by atoms with E-state index in [0.717, 1.165) is 78.7 Å². The SMILES string of the molecule is CCc1ccccc1NCc1cc(=O)n2[nH]c(-c3cccs3)nc2n1.COc1ccc(-c2nc3nc(CNc4cccc(Cl)c4)cc(=O)n3[nH]2)cc1.Cc1cccc(NCc2cc(=O)n3[nH]c(-c4cccc(C)c4)nc3n2)c1.Cc1ccccc1-c1nc2nc(CNc3ccc(F)cc3)cc(=O)n2[nH]1.O=c1cc(CN(CCO)Cc2ccccc2)nc2nc(-c3ccc(Cl)cc3)[nH]n12. The molecule has 0 aliphatic heterocycles. The van der Waals surface area contributed by atoms with E-state index in [1.54, 1.807) is 48.8 Å². The standard InChI is InChI=1S/C21H20ClN5O2.C20H19N5O.C19H16ClN5O2.C19H16FN5O.C18H17N5OS/c22-17-8-6-16(7-9-17)20-24-21-23-18(12-19(29)27(21)25-20)14-26(10-11-28)13-15-4-2-1-3-5-15;1-13-5-3-7-15(9-13)19-23-20-22-17(11-18(26)25(20)24-19)12-21-16-8-4-6-14(2)10-16;1-27-16-7-5-12(6-8-16)18-23-19-22-15(10-17(26)25(19)24-18)11-21-14-4-2-3-13(20)9-14;1-12-4-2-3-5-16(12)18-23-19-22-15(10-17(26)25(19)24-18)11-21-14-8-6-13(20)7-9-14;1-2-12-6-3-4-7-14(12)19-11-13-10-16(24)23-18(20-13)21-17(22-23)15-8-5-9-25-15/h1-9,12,28H,10-11,13-14H2,(H,23,24,25);3-11,21H,12H2,1-2H3,(H,22,23,24);2-10,21H,11H2,1H3,(H,22,23,24);2-10,21H,11H2,1H3,(H,22,23,24);3-10,19H,2,11H2,1H3,(H,20,21,22). The summed E-state index contributed by atoms with van der Waals surface area (Å²) in [4.78, 5) is 110. The third-order valence-electron chi connectivity index (χ3n) is 20.9. The van der Waals surface area contributed by atoms with Gasteiger partial charge in [0, 0.05) is 105 Å². The summed E-state index contributed by atoms with van der Waals surface area (Å²) in [6.07, 6.45) is 0.946. The highest BCUT2D eigenvalue weighted by Crippen LogP contribution is 2.27. The fourth-order valence-electron chi connectivity index (χ4n) is 14.2. The molecule has 0 atom stereocenters. The van der Waals surface area contributed by atoms with E-state index in [0.29, 0.717) is 142 Å². The molecule has 133 heavy (non-hydrogen) atoms. The second-order valence-electron chi connectivity index (χ2n) is 30.6. The highest BCUT2D eigenvalue weighted by molar-refractivity contribution is 7.13. The van der Waals surface area contributed by atoms with Crippen molar-refractivity contribution in [2.45, 2.75) is 73.4 Å². The molecule has 0 aliphatic carbocycles. The topological polar surface area (TPSA) is 396 Å². The van der Waals surface area contributed by atoms with Gasteiger partial charge in [0.15, 0.2) is 29.1 Å². The number of nitrogens with one attached hydrogen (secondary N) is 9. The van der Waals surface area contributed by atoms with Crippen molar-refractivity contribution in [1.29, 1.82) is 0 Å². The molecular weight excluding hydrogens is 1750 g/mol. The Labute approximate surface area is 771 Å². The number of para-hydroxylation sites is 1. The van der Waals surface area contributed by atoms with Crippen molar-refractivity contribution in [3.05, 3.63) is 396 Å². The number of nitrogens with zero attached hydrogens (tertiary/aromatic N) is 16. The zero-order valence-electron chi connectivity index (χ0n) is 72.4. The van der Waals surface area contributed by atoms with Crippen LogP contribution in [-0.2, 0) is 45.7 Å². The Morgan fingerprint density at radius 1 is 0.406 bits per heavy atom. The van der Waals surface area contributed by atoms with Gasteiger partial charge in [0.2, 0.25) is 0 Å². The van der Waals surface area contributed by atoms with Crippen LogP contribution >= 0.6 is 34.5 Å². The van der Waals surface area contributed by atoms with Crippen LogP contribution in [0.4, 0.5) is 27.1 Å². The summed E-state index contributed by atoms with van der Waals surface area (Å²) in [5.41, 5.74) is 14.9. The Bertz CT molecular complexity index is 7770. The van der Waals surface area contributed by atoms with Gasteiger partial charge < -0.3 is 31.1 Å². The number of aromatic nitrogens is 20. The highest BCUT2D eigenvalue weighted by Gasteiger charge is 2.19. The van der Waals surface area contributed by atoms with Crippen LogP contribution < -0.4 is 53.8 Å². The van der Waals surface area contributed by atoms with E-state index in [1.807, 2.05) is 213 Å². The minimum absolute atomic E-state index is 0.0250. The number of anilines is 4. The molecule has 0 saturated heterocycles. The second-order valence-corrected chi connectivity index (χ2v) is 32.4. The number of H-pyrrole nitrogens is 5. The summed E-state index contributed by atoms with van der Waals surface area (Å²) in [6.45, 7) is 11.4. The zero-order chi connectivity index (χ0) is 92.4. The van der Waals surface area contributed by atoms with Crippen molar-refractivity contribution in [1.82, 2.24) is 103 Å². The summed E-state index contributed by atoms with van der Waals surface area (Å²) >= 11 is 13.5.